The van der Waals surface area contributed by atoms with Crippen LogP contribution in [0.15, 0.2) is 35.3 Å². The molecule has 0 bridgehead atoms. The number of rotatable bonds is 4. The lowest BCUT2D eigenvalue weighted by molar-refractivity contribution is -0.141. The van der Waals surface area contributed by atoms with Crippen LogP contribution in [0.3, 0.4) is 0 Å². The molecule has 0 N–H and O–H groups in total. The van der Waals surface area contributed by atoms with Gasteiger partial charge in [-0.25, -0.2) is 13.8 Å². The van der Waals surface area contributed by atoms with Crippen LogP contribution in [0, 0.1) is 5.82 Å². The van der Waals surface area contributed by atoms with Crippen LogP contribution < -0.4 is 5.56 Å². The van der Waals surface area contributed by atoms with Crippen molar-refractivity contribution in [3.8, 4) is 5.69 Å². The maximum Gasteiger partial charge on any atom is 0.327 e. The second-order valence-corrected chi connectivity index (χ2v) is 5.87. The third kappa shape index (κ3) is 3.02. The summed E-state index contributed by atoms with van der Waals surface area (Å²) in [5, 5.41) is 9.17. The van der Waals surface area contributed by atoms with E-state index >= 15 is 0 Å². The molecule has 130 valence electrons. The zero-order valence-corrected chi connectivity index (χ0v) is 14.1. The maximum atomic E-state index is 13.2. The van der Waals surface area contributed by atoms with Gasteiger partial charge in [0.1, 0.15) is 17.9 Å². The number of aromatic nitrogens is 4. The Morgan fingerprint density at radius 2 is 1.96 bits per heavy atom. The van der Waals surface area contributed by atoms with Crippen LogP contribution in [0.1, 0.15) is 25.5 Å². The molecule has 3 rings (SSSR count). The average Bonchev–Trinajstić information content (AvgIpc) is 3.02. The molecule has 3 aromatic rings. The number of hydrogen-bond acceptors (Lipinski definition) is 5. The first kappa shape index (κ1) is 16.8. The lowest BCUT2D eigenvalue weighted by Gasteiger charge is -2.11. The van der Waals surface area contributed by atoms with Gasteiger partial charge in [0.2, 0.25) is 0 Å². The lowest BCUT2D eigenvalue weighted by atomic mass is 10.1. The first-order valence-electron chi connectivity index (χ1n) is 7.74. The van der Waals surface area contributed by atoms with E-state index in [1.165, 1.54) is 36.1 Å². The lowest BCUT2D eigenvalue weighted by Crippen LogP contribution is -2.29. The van der Waals surface area contributed by atoms with Crippen molar-refractivity contribution < 1.29 is 13.9 Å². The van der Waals surface area contributed by atoms with E-state index < -0.39 is 11.5 Å². The smallest absolute Gasteiger partial charge is 0.327 e. The highest BCUT2D eigenvalue weighted by atomic mass is 19.1. The first-order chi connectivity index (χ1) is 11.9. The minimum Gasteiger partial charge on any atom is -0.468 e. The minimum absolute atomic E-state index is 0.0119. The van der Waals surface area contributed by atoms with E-state index in [9.17, 15) is 14.0 Å². The number of methoxy groups -OCH3 is 1. The minimum atomic E-state index is -0.573. The van der Waals surface area contributed by atoms with Gasteiger partial charge in [-0.05, 0) is 30.2 Å². The fourth-order valence-corrected chi connectivity index (χ4v) is 2.59. The molecular weight excluding hydrogens is 327 g/mol. The Hall–Kier alpha value is -3.03. The van der Waals surface area contributed by atoms with Crippen molar-refractivity contribution in [3.05, 3.63) is 52.3 Å². The number of carbonyl (C=O) groups is 1. The molecule has 25 heavy (non-hydrogen) atoms. The second kappa shape index (κ2) is 6.46. The summed E-state index contributed by atoms with van der Waals surface area (Å²) in [6.45, 7) is 3.58. The van der Waals surface area contributed by atoms with Crippen LogP contribution in [0.5, 0.6) is 0 Å². The van der Waals surface area contributed by atoms with Crippen LogP contribution in [0.2, 0.25) is 0 Å². The highest BCUT2D eigenvalue weighted by molar-refractivity contribution is 5.82. The number of nitrogens with zero attached hydrogens (tertiary/aromatic N) is 4. The van der Waals surface area contributed by atoms with Crippen LogP contribution in [-0.2, 0) is 16.1 Å². The topological polar surface area (TPSA) is 79.0 Å². The summed E-state index contributed by atoms with van der Waals surface area (Å²) in [6, 6.07) is 5.64. The summed E-state index contributed by atoms with van der Waals surface area (Å²) in [4.78, 5) is 24.4. The largest absolute Gasteiger partial charge is 0.468 e. The standard InChI is InChI=1S/C17H17FN4O3/c1-10(2)15-13-8-19-22(12-6-4-11(18)5-7-12)16(13)17(24)21(20-15)9-14(23)25-3/h4-8,10H,9H2,1-3H3. The van der Waals surface area contributed by atoms with Gasteiger partial charge in [0, 0.05) is 5.39 Å². The van der Waals surface area contributed by atoms with Crippen LogP contribution in [0.25, 0.3) is 16.6 Å². The van der Waals surface area contributed by atoms with Crippen molar-refractivity contribution >= 4 is 16.9 Å². The Balaban J connectivity index is 2.29. The van der Waals surface area contributed by atoms with Gasteiger partial charge in [0.25, 0.3) is 5.56 Å². The Labute approximate surface area is 142 Å². The number of carbonyl (C=O) groups excluding carboxylic acids is 1. The second-order valence-electron chi connectivity index (χ2n) is 5.87. The Morgan fingerprint density at radius 3 is 2.56 bits per heavy atom. The quantitative estimate of drug-likeness (QED) is 0.677. The zero-order valence-electron chi connectivity index (χ0n) is 14.1. The van der Waals surface area contributed by atoms with E-state index in [1.54, 1.807) is 6.20 Å². The summed E-state index contributed by atoms with van der Waals surface area (Å²) in [6.07, 6.45) is 1.56. The third-order valence-electron chi connectivity index (χ3n) is 3.84. The van der Waals surface area contributed by atoms with Gasteiger partial charge in [-0.1, -0.05) is 13.8 Å². The summed E-state index contributed by atoms with van der Waals surface area (Å²) < 4.78 is 20.3. The van der Waals surface area contributed by atoms with Crippen molar-refractivity contribution in [2.45, 2.75) is 26.3 Å². The molecule has 0 saturated carbocycles. The predicted octanol–water partition coefficient (Wildman–Crippen LogP) is 2.02. The first-order valence-corrected chi connectivity index (χ1v) is 7.74. The van der Waals surface area contributed by atoms with E-state index in [4.69, 9.17) is 0 Å². The molecule has 0 unspecified atom stereocenters. The molecule has 0 aliphatic rings. The molecule has 8 heteroatoms. The number of esters is 1. The van der Waals surface area contributed by atoms with E-state index in [2.05, 4.69) is 14.9 Å². The van der Waals surface area contributed by atoms with Gasteiger partial charge in [-0.15, -0.1) is 0 Å². The Kier molecular flexibility index (Phi) is 4.35. The van der Waals surface area contributed by atoms with Gasteiger partial charge in [0.15, 0.2) is 0 Å². The molecular formula is C17H17FN4O3. The molecule has 0 aliphatic heterocycles. The summed E-state index contributed by atoms with van der Waals surface area (Å²) in [7, 11) is 1.25. The van der Waals surface area contributed by atoms with E-state index in [0.29, 0.717) is 16.8 Å². The van der Waals surface area contributed by atoms with Crippen LogP contribution in [-0.4, -0.2) is 32.6 Å². The predicted molar refractivity (Wildman–Crippen MR) is 89.2 cm³/mol. The number of halogens is 1. The molecule has 0 aliphatic carbocycles. The molecule has 0 spiro atoms. The fourth-order valence-electron chi connectivity index (χ4n) is 2.59. The number of benzene rings is 1. The summed E-state index contributed by atoms with van der Waals surface area (Å²) in [5.41, 5.74) is 1.01. The normalized spacial score (nSPS) is 11.2. The van der Waals surface area contributed by atoms with E-state index in [0.717, 1.165) is 4.68 Å². The van der Waals surface area contributed by atoms with Crippen molar-refractivity contribution in [1.29, 1.82) is 0 Å². The van der Waals surface area contributed by atoms with Gasteiger partial charge < -0.3 is 4.74 Å². The number of ether oxygens (including phenoxy) is 1. The third-order valence-corrected chi connectivity index (χ3v) is 3.84. The highest BCUT2D eigenvalue weighted by Crippen LogP contribution is 2.23. The van der Waals surface area contributed by atoms with Crippen molar-refractivity contribution in [1.82, 2.24) is 19.6 Å². The Bertz CT molecular complexity index is 990. The molecule has 7 nitrogen and oxygen atoms in total. The molecule has 0 atom stereocenters. The van der Waals surface area contributed by atoms with Gasteiger partial charge in [0.05, 0.1) is 24.7 Å². The molecule has 2 heterocycles. The van der Waals surface area contributed by atoms with Crippen LogP contribution in [0.4, 0.5) is 4.39 Å². The fraction of sp³-hybridized carbons (Fsp3) is 0.294. The molecule has 0 radical (unpaired) electrons. The zero-order chi connectivity index (χ0) is 18.1. The number of hydrogen-bond donors (Lipinski definition) is 0. The average molecular weight is 344 g/mol. The molecule has 0 amide bonds. The summed E-state index contributed by atoms with van der Waals surface area (Å²) in [5.74, 6) is -0.942. The van der Waals surface area contributed by atoms with Gasteiger partial charge >= 0.3 is 5.97 Å². The molecule has 2 aromatic heterocycles. The van der Waals surface area contributed by atoms with Gasteiger partial charge in [-0.3, -0.25) is 9.59 Å². The van der Waals surface area contributed by atoms with Crippen molar-refractivity contribution in [3.63, 3.8) is 0 Å². The molecule has 0 saturated heterocycles. The van der Waals surface area contributed by atoms with Crippen molar-refractivity contribution in [2.75, 3.05) is 7.11 Å². The molecule has 1 aromatic carbocycles. The van der Waals surface area contributed by atoms with Gasteiger partial charge in [-0.2, -0.15) is 10.2 Å². The van der Waals surface area contributed by atoms with Crippen LogP contribution >= 0.6 is 0 Å². The van der Waals surface area contributed by atoms with Crippen molar-refractivity contribution in [2.24, 2.45) is 0 Å². The highest BCUT2D eigenvalue weighted by Gasteiger charge is 2.20. The Morgan fingerprint density at radius 1 is 1.28 bits per heavy atom. The van der Waals surface area contributed by atoms with E-state index in [1.807, 2.05) is 13.8 Å². The van der Waals surface area contributed by atoms with E-state index in [-0.39, 0.29) is 23.8 Å². The monoisotopic (exact) mass is 344 g/mol. The number of fused-ring (bicyclic) bond motifs is 1. The maximum absolute atomic E-state index is 13.2. The summed E-state index contributed by atoms with van der Waals surface area (Å²) >= 11 is 0. The SMILES string of the molecule is COC(=O)Cn1nc(C(C)C)c2cnn(-c3ccc(F)cc3)c2c1=O. The molecule has 0 fully saturated rings.